The number of carboxylic acids is 1. The molecule has 1 heterocycles. The average molecular weight is 456 g/mol. The van der Waals surface area contributed by atoms with Crippen LogP contribution < -0.4 is 5.69 Å². The lowest BCUT2D eigenvalue weighted by Crippen LogP contribution is -2.31. The van der Waals surface area contributed by atoms with Gasteiger partial charge < -0.3 is 5.11 Å². The Hall–Kier alpha value is -4.26. The molecule has 0 saturated carbocycles. The lowest BCUT2D eigenvalue weighted by atomic mass is 9.95. The Labute approximate surface area is 196 Å². The van der Waals surface area contributed by atoms with E-state index in [4.69, 9.17) is 0 Å². The standard InChI is InChI=1S/C27H25N3O4/c1-27(2,3)25-28-30(23(31)20-9-5-4-6-10-20)26(34)29(25)17-18-13-15-19(16-14-18)21-11-7-8-12-22(21)24(32)33/h4-16H,17H2,1-3H3,(H,32,33). The molecule has 0 aliphatic heterocycles. The minimum absolute atomic E-state index is 0.224. The molecular weight excluding hydrogens is 430 g/mol. The van der Waals surface area contributed by atoms with Gasteiger partial charge in [0.05, 0.1) is 12.1 Å². The van der Waals surface area contributed by atoms with Crippen LogP contribution >= 0.6 is 0 Å². The molecule has 4 rings (SSSR count). The van der Waals surface area contributed by atoms with E-state index < -0.39 is 23.0 Å². The molecule has 172 valence electrons. The molecule has 1 N–H and O–H groups in total. The van der Waals surface area contributed by atoms with Crippen molar-refractivity contribution in [1.29, 1.82) is 0 Å². The highest BCUT2D eigenvalue weighted by molar-refractivity contribution is 5.96. The normalized spacial score (nSPS) is 11.4. The van der Waals surface area contributed by atoms with Crippen LogP contribution in [0.2, 0.25) is 0 Å². The summed E-state index contributed by atoms with van der Waals surface area (Å²) in [7, 11) is 0. The zero-order chi connectivity index (χ0) is 24.5. The largest absolute Gasteiger partial charge is 0.478 e. The van der Waals surface area contributed by atoms with Gasteiger partial charge in [-0.1, -0.05) is 81.4 Å². The molecule has 0 spiro atoms. The van der Waals surface area contributed by atoms with Crippen molar-refractivity contribution in [3.8, 4) is 11.1 Å². The highest BCUT2D eigenvalue weighted by Crippen LogP contribution is 2.25. The van der Waals surface area contributed by atoms with Gasteiger partial charge in [-0.25, -0.2) is 9.59 Å². The predicted octanol–water partition coefficient (Wildman–Crippen LogP) is 4.44. The van der Waals surface area contributed by atoms with Gasteiger partial charge in [-0.2, -0.15) is 0 Å². The van der Waals surface area contributed by atoms with Crippen LogP contribution in [0.25, 0.3) is 11.1 Å². The number of aromatic carboxylic acids is 1. The van der Waals surface area contributed by atoms with Gasteiger partial charge in [0.1, 0.15) is 5.82 Å². The van der Waals surface area contributed by atoms with E-state index in [1.807, 2.05) is 45.0 Å². The summed E-state index contributed by atoms with van der Waals surface area (Å²) in [5.74, 6) is -0.964. The zero-order valence-corrected chi connectivity index (χ0v) is 19.2. The van der Waals surface area contributed by atoms with Crippen LogP contribution in [0.4, 0.5) is 0 Å². The summed E-state index contributed by atoms with van der Waals surface area (Å²) in [6.45, 7) is 6.05. The highest BCUT2D eigenvalue weighted by atomic mass is 16.4. The molecule has 4 aromatic rings. The molecule has 0 aliphatic carbocycles. The van der Waals surface area contributed by atoms with Gasteiger partial charge in [0.25, 0.3) is 5.91 Å². The Bertz CT molecular complexity index is 1410. The second kappa shape index (κ2) is 8.94. The second-order valence-corrected chi connectivity index (χ2v) is 9.07. The van der Waals surface area contributed by atoms with Crippen molar-refractivity contribution in [1.82, 2.24) is 14.3 Å². The Morgan fingerprint density at radius 2 is 1.50 bits per heavy atom. The number of carbonyl (C=O) groups is 2. The number of rotatable bonds is 5. The summed E-state index contributed by atoms with van der Waals surface area (Å²) in [6.07, 6.45) is 0. The van der Waals surface area contributed by atoms with Gasteiger partial charge >= 0.3 is 11.7 Å². The molecule has 7 heteroatoms. The molecule has 7 nitrogen and oxygen atoms in total. The number of aromatic nitrogens is 3. The quantitative estimate of drug-likeness (QED) is 0.480. The number of carbonyl (C=O) groups excluding carboxylic acids is 1. The number of carboxylic acid groups (broad SMARTS) is 1. The number of nitrogens with zero attached hydrogens (tertiary/aromatic N) is 3. The van der Waals surface area contributed by atoms with E-state index >= 15 is 0 Å². The first-order valence-corrected chi connectivity index (χ1v) is 10.9. The van der Waals surface area contributed by atoms with Crippen LogP contribution in [-0.4, -0.2) is 31.3 Å². The van der Waals surface area contributed by atoms with E-state index in [9.17, 15) is 19.5 Å². The lowest BCUT2D eigenvalue weighted by Gasteiger charge is -2.18. The van der Waals surface area contributed by atoms with Gasteiger partial charge in [-0.05, 0) is 34.9 Å². The third-order valence-corrected chi connectivity index (χ3v) is 5.51. The second-order valence-electron chi connectivity index (χ2n) is 9.07. The van der Waals surface area contributed by atoms with Gasteiger partial charge in [0, 0.05) is 11.0 Å². The number of benzene rings is 3. The Kier molecular flexibility index (Phi) is 6.03. The first-order valence-electron chi connectivity index (χ1n) is 10.9. The first kappa shape index (κ1) is 22.9. The molecule has 0 unspecified atom stereocenters. The summed E-state index contributed by atoms with van der Waals surface area (Å²) in [6, 6.07) is 22.8. The van der Waals surface area contributed by atoms with Gasteiger partial charge in [0.15, 0.2) is 0 Å². The third kappa shape index (κ3) is 4.45. The fraction of sp³-hybridized carbons (Fsp3) is 0.185. The van der Waals surface area contributed by atoms with E-state index in [0.717, 1.165) is 15.8 Å². The van der Waals surface area contributed by atoms with Gasteiger partial charge in [0.2, 0.25) is 0 Å². The molecule has 1 aromatic heterocycles. The third-order valence-electron chi connectivity index (χ3n) is 5.51. The van der Waals surface area contributed by atoms with Crippen molar-refractivity contribution in [2.75, 3.05) is 0 Å². The summed E-state index contributed by atoms with van der Waals surface area (Å²) < 4.78 is 2.44. The molecule has 3 aromatic carbocycles. The molecule has 0 atom stereocenters. The van der Waals surface area contributed by atoms with Crippen molar-refractivity contribution in [3.05, 3.63) is 112 Å². The maximum Gasteiger partial charge on any atom is 0.353 e. The Morgan fingerprint density at radius 1 is 0.882 bits per heavy atom. The van der Waals surface area contributed by atoms with Crippen LogP contribution in [0.15, 0.2) is 83.7 Å². The van der Waals surface area contributed by atoms with Gasteiger partial charge in [-0.15, -0.1) is 9.78 Å². The monoisotopic (exact) mass is 455 g/mol. The van der Waals surface area contributed by atoms with Gasteiger partial charge in [-0.3, -0.25) is 9.36 Å². The van der Waals surface area contributed by atoms with Crippen LogP contribution in [0.3, 0.4) is 0 Å². The highest BCUT2D eigenvalue weighted by Gasteiger charge is 2.27. The summed E-state index contributed by atoms with van der Waals surface area (Å²) >= 11 is 0. The molecule has 0 bridgehead atoms. The van der Waals surface area contributed by atoms with E-state index in [0.29, 0.717) is 17.0 Å². The van der Waals surface area contributed by atoms with Crippen molar-refractivity contribution in [2.45, 2.75) is 32.7 Å². The molecule has 0 saturated heterocycles. The van der Waals surface area contributed by atoms with E-state index in [-0.39, 0.29) is 12.1 Å². The Balaban J connectivity index is 1.70. The van der Waals surface area contributed by atoms with Crippen molar-refractivity contribution < 1.29 is 14.7 Å². The fourth-order valence-electron chi connectivity index (χ4n) is 3.82. The minimum Gasteiger partial charge on any atom is -0.478 e. The predicted molar refractivity (Wildman–Crippen MR) is 129 cm³/mol. The van der Waals surface area contributed by atoms with Crippen LogP contribution in [0, 0.1) is 0 Å². The van der Waals surface area contributed by atoms with E-state index in [1.165, 1.54) is 4.57 Å². The zero-order valence-electron chi connectivity index (χ0n) is 19.2. The summed E-state index contributed by atoms with van der Waals surface area (Å²) in [4.78, 5) is 37.7. The molecule has 34 heavy (non-hydrogen) atoms. The maximum atomic E-state index is 13.2. The van der Waals surface area contributed by atoms with Crippen molar-refractivity contribution in [3.63, 3.8) is 0 Å². The van der Waals surface area contributed by atoms with Crippen molar-refractivity contribution >= 4 is 11.9 Å². The molecule has 0 aliphatic rings. The lowest BCUT2D eigenvalue weighted by molar-refractivity contribution is 0.0697. The molecule has 0 fully saturated rings. The molecule has 0 radical (unpaired) electrons. The van der Waals surface area contributed by atoms with Crippen LogP contribution in [-0.2, 0) is 12.0 Å². The van der Waals surface area contributed by atoms with Crippen molar-refractivity contribution in [2.24, 2.45) is 0 Å². The van der Waals surface area contributed by atoms with Crippen LogP contribution in [0.5, 0.6) is 0 Å². The topological polar surface area (TPSA) is 94.2 Å². The molecule has 0 amide bonds. The Morgan fingerprint density at radius 3 is 2.12 bits per heavy atom. The van der Waals surface area contributed by atoms with E-state index in [1.54, 1.807) is 54.6 Å². The average Bonchev–Trinajstić information content (AvgIpc) is 3.16. The fourth-order valence-corrected chi connectivity index (χ4v) is 3.82. The first-order chi connectivity index (χ1) is 16.2. The smallest absolute Gasteiger partial charge is 0.353 e. The number of hydrogen-bond donors (Lipinski definition) is 1. The SMILES string of the molecule is CC(C)(C)c1nn(C(=O)c2ccccc2)c(=O)n1Cc1ccc(-c2ccccc2C(=O)O)cc1. The summed E-state index contributed by atoms with van der Waals surface area (Å²) in [5.41, 5.74) is 1.85. The van der Waals surface area contributed by atoms with Crippen LogP contribution in [0.1, 0.15) is 52.9 Å². The maximum absolute atomic E-state index is 13.2. The minimum atomic E-state index is -0.989. The summed E-state index contributed by atoms with van der Waals surface area (Å²) in [5, 5.41) is 13.9. The van der Waals surface area contributed by atoms with E-state index in [2.05, 4.69) is 5.10 Å². The molecular formula is C27H25N3O4. The number of hydrogen-bond acceptors (Lipinski definition) is 4.